The number of amides is 3. The molecule has 0 aliphatic carbocycles. The maximum absolute atomic E-state index is 12.2. The van der Waals surface area contributed by atoms with E-state index in [4.69, 9.17) is 9.47 Å². The van der Waals surface area contributed by atoms with Gasteiger partial charge in [0.15, 0.2) is 6.23 Å². The third-order valence-corrected chi connectivity index (χ3v) is 4.33. The van der Waals surface area contributed by atoms with E-state index < -0.39 is 6.09 Å². The Morgan fingerprint density at radius 1 is 1.39 bits per heavy atom. The maximum atomic E-state index is 12.2. The lowest BCUT2D eigenvalue weighted by Gasteiger charge is -2.27. The first-order chi connectivity index (χ1) is 11.1. The molecular weight excluding hydrogens is 302 g/mol. The molecule has 0 aromatic heterocycles. The third-order valence-electron chi connectivity index (χ3n) is 4.33. The Kier molecular flexibility index (Phi) is 4.63. The Morgan fingerprint density at radius 2 is 2.13 bits per heavy atom. The largest absolute Gasteiger partial charge is 0.447 e. The fourth-order valence-corrected chi connectivity index (χ4v) is 3.15. The number of ether oxygens (including phenoxy) is 2. The van der Waals surface area contributed by atoms with Crippen molar-refractivity contribution in [2.75, 3.05) is 32.8 Å². The van der Waals surface area contributed by atoms with Gasteiger partial charge in [-0.1, -0.05) is 6.92 Å². The smallest absolute Gasteiger partial charge is 0.412 e. The van der Waals surface area contributed by atoms with E-state index in [-0.39, 0.29) is 37.2 Å². The Morgan fingerprint density at radius 3 is 2.78 bits per heavy atom. The maximum Gasteiger partial charge on any atom is 0.412 e. The molecule has 3 atom stereocenters. The Hall–Kier alpha value is -1.93. The Balaban J connectivity index is 1.47. The number of nitrogens with one attached hydrogen (secondary N) is 1. The summed E-state index contributed by atoms with van der Waals surface area (Å²) >= 11 is 0. The minimum atomic E-state index is -0.471. The molecule has 2 unspecified atom stereocenters. The average molecular weight is 323 g/mol. The molecule has 8 nitrogen and oxygen atoms in total. The number of nitrogens with zero attached hydrogens (tertiary/aromatic N) is 2. The van der Waals surface area contributed by atoms with Crippen molar-refractivity contribution in [1.82, 2.24) is 15.1 Å². The highest BCUT2D eigenvalue weighted by Gasteiger charge is 2.39. The molecule has 8 heteroatoms. The van der Waals surface area contributed by atoms with Crippen LogP contribution in [0.15, 0.2) is 12.2 Å². The van der Waals surface area contributed by atoms with Crippen molar-refractivity contribution >= 4 is 17.9 Å². The second kappa shape index (κ2) is 6.67. The summed E-state index contributed by atoms with van der Waals surface area (Å²) in [7, 11) is 0. The van der Waals surface area contributed by atoms with Crippen LogP contribution in [0.2, 0.25) is 0 Å². The molecule has 0 bridgehead atoms. The summed E-state index contributed by atoms with van der Waals surface area (Å²) in [4.78, 5) is 37.7. The van der Waals surface area contributed by atoms with Crippen molar-refractivity contribution in [2.45, 2.75) is 25.6 Å². The lowest BCUT2D eigenvalue weighted by atomic mass is 10.1. The number of hydrogen-bond donors (Lipinski definition) is 1. The highest BCUT2D eigenvalue weighted by atomic mass is 16.6. The first-order valence-corrected chi connectivity index (χ1v) is 7.88. The normalized spacial score (nSPS) is 30.6. The van der Waals surface area contributed by atoms with Crippen LogP contribution in [0.4, 0.5) is 4.79 Å². The van der Waals surface area contributed by atoms with Crippen molar-refractivity contribution in [2.24, 2.45) is 5.92 Å². The van der Waals surface area contributed by atoms with Crippen LogP contribution in [-0.4, -0.2) is 72.8 Å². The number of hydrogen-bond acceptors (Lipinski definition) is 6. The molecule has 2 fully saturated rings. The summed E-state index contributed by atoms with van der Waals surface area (Å²) in [5.74, 6) is -0.197. The second-order valence-corrected chi connectivity index (χ2v) is 6.09. The van der Waals surface area contributed by atoms with Gasteiger partial charge in [0.2, 0.25) is 0 Å². The lowest BCUT2D eigenvalue weighted by molar-refractivity contribution is -0.137. The molecule has 0 aromatic rings. The summed E-state index contributed by atoms with van der Waals surface area (Å²) in [6.45, 7) is 4.09. The van der Waals surface area contributed by atoms with Crippen molar-refractivity contribution in [3.63, 3.8) is 0 Å². The van der Waals surface area contributed by atoms with Crippen LogP contribution in [0.25, 0.3) is 0 Å². The first kappa shape index (κ1) is 15.9. The van der Waals surface area contributed by atoms with E-state index >= 15 is 0 Å². The van der Waals surface area contributed by atoms with E-state index in [1.165, 1.54) is 12.2 Å². The molecule has 3 aliphatic heterocycles. The van der Waals surface area contributed by atoms with E-state index in [0.29, 0.717) is 19.1 Å². The standard InChI is InChI=1S/C15H21N3O5/c1-10-8-11(16-9-10)14-18(5-6-22-14)15(21)23-7-4-17-12(19)2-3-13(17)20/h2-3,10-11,14,16H,4-9H2,1H3/t10?,11-,14?/m0/s1. The molecule has 3 aliphatic rings. The zero-order chi connectivity index (χ0) is 16.4. The summed E-state index contributed by atoms with van der Waals surface area (Å²) in [5.41, 5.74) is 0. The van der Waals surface area contributed by atoms with Crippen molar-refractivity contribution < 1.29 is 23.9 Å². The van der Waals surface area contributed by atoms with E-state index in [2.05, 4.69) is 12.2 Å². The van der Waals surface area contributed by atoms with E-state index in [0.717, 1.165) is 17.9 Å². The van der Waals surface area contributed by atoms with E-state index in [1.807, 2.05) is 0 Å². The van der Waals surface area contributed by atoms with Crippen molar-refractivity contribution in [3.05, 3.63) is 12.2 Å². The van der Waals surface area contributed by atoms with Gasteiger partial charge in [-0.05, 0) is 18.9 Å². The highest BCUT2D eigenvalue weighted by molar-refractivity contribution is 6.12. The Bertz CT molecular complexity index is 517. The lowest BCUT2D eigenvalue weighted by Crippen LogP contribution is -2.47. The van der Waals surface area contributed by atoms with Crippen LogP contribution in [0.3, 0.4) is 0 Å². The van der Waals surface area contributed by atoms with Gasteiger partial charge < -0.3 is 14.8 Å². The van der Waals surface area contributed by atoms with Crippen molar-refractivity contribution in [1.29, 1.82) is 0 Å². The average Bonchev–Trinajstić information content (AvgIpc) is 3.22. The predicted molar refractivity (Wildman–Crippen MR) is 79.2 cm³/mol. The monoisotopic (exact) mass is 323 g/mol. The third kappa shape index (κ3) is 3.37. The van der Waals surface area contributed by atoms with Gasteiger partial charge in [0.25, 0.3) is 11.8 Å². The molecule has 23 heavy (non-hydrogen) atoms. The molecule has 3 heterocycles. The zero-order valence-corrected chi connectivity index (χ0v) is 13.1. The molecule has 3 amide bonds. The summed E-state index contributed by atoms with van der Waals surface area (Å²) < 4.78 is 10.9. The summed E-state index contributed by atoms with van der Waals surface area (Å²) in [6.07, 6.45) is 2.59. The molecule has 1 N–H and O–H groups in total. The van der Waals surface area contributed by atoms with Gasteiger partial charge in [-0.25, -0.2) is 4.79 Å². The van der Waals surface area contributed by atoms with Gasteiger partial charge in [-0.3, -0.25) is 19.4 Å². The molecular formula is C15H21N3O5. The SMILES string of the molecule is CC1CN[C@H](C2OCCN2C(=O)OCCN2C(=O)C=CC2=O)C1. The van der Waals surface area contributed by atoms with Gasteiger partial charge in [0, 0.05) is 12.2 Å². The highest BCUT2D eigenvalue weighted by Crippen LogP contribution is 2.23. The predicted octanol–water partition coefficient (Wildman–Crippen LogP) is -0.296. The number of imide groups is 1. The van der Waals surface area contributed by atoms with E-state index in [1.54, 1.807) is 4.90 Å². The van der Waals surface area contributed by atoms with Gasteiger partial charge in [-0.2, -0.15) is 0 Å². The van der Waals surface area contributed by atoms with Crippen LogP contribution < -0.4 is 5.32 Å². The van der Waals surface area contributed by atoms with Crippen LogP contribution in [-0.2, 0) is 19.1 Å². The second-order valence-electron chi connectivity index (χ2n) is 6.09. The first-order valence-electron chi connectivity index (χ1n) is 7.88. The molecule has 126 valence electrons. The molecule has 3 rings (SSSR count). The fraction of sp³-hybridized carbons (Fsp3) is 0.667. The van der Waals surface area contributed by atoms with Crippen molar-refractivity contribution in [3.8, 4) is 0 Å². The minimum absolute atomic E-state index is 0.0181. The molecule has 0 saturated carbocycles. The van der Waals surface area contributed by atoms with Gasteiger partial charge in [-0.15, -0.1) is 0 Å². The van der Waals surface area contributed by atoms with Crippen LogP contribution in [0, 0.1) is 5.92 Å². The fourth-order valence-electron chi connectivity index (χ4n) is 3.15. The molecule has 0 radical (unpaired) electrons. The van der Waals surface area contributed by atoms with Gasteiger partial charge in [0.05, 0.1) is 25.7 Å². The number of carbonyl (C=O) groups is 3. The van der Waals surface area contributed by atoms with Crippen LogP contribution in [0.1, 0.15) is 13.3 Å². The summed E-state index contributed by atoms with van der Waals surface area (Å²) in [5, 5.41) is 3.37. The van der Waals surface area contributed by atoms with Gasteiger partial charge >= 0.3 is 6.09 Å². The molecule has 0 spiro atoms. The quantitative estimate of drug-likeness (QED) is 0.715. The summed E-state index contributed by atoms with van der Waals surface area (Å²) in [6, 6.07) is 0.117. The van der Waals surface area contributed by atoms with Crippen LogP contribution >= 0.6 is 0 Å². The Labute approximate surface area is 134 Å². The number of carbonyl (C=O) groups excluding carboxylic acids is 3. The van der Waals surface area contributed by atoms with Crippen LogP contribution in [0.5, 0.6) is 0 Å². The molecule has 0 aromatic carbocycles. The van der Waals surface area contributed by atoms with E-state index in [9.17, 15) is 14.4 Å². The topological polar surface area (TPSA) is 88.2 Å². The minimum Gasteiger partial charge on any atom is -0.447 e. The number of rotatable bonds is 4. The van der Waals surface area contributed by atoms with Gasteiger partial charge in [0.1, 0.15) is 6.61 Å². The molecule has 2 saturated heterocycles. The zero-order valence-electron chi connectivity index (χ0n) is 13.1.